The summed E-state index contributed by atoms with van der Waals surface area (Å²) in [6.45, 7) is 6.98. The highest BCUT2D eigenvalue weighted by Crippen LogP contribution is 2.26. The molecule has 0 spiro atoms. The molecule has 2 rings (SSSR count). The van der Waals surface area contributed by atoms with Gasteiger partial charge >= 0.3 is 5.97 Å². The lowest BCUT2D eigenvalue weighted by atomic mass is 9.93. The zero-order chi connectivity index (χ0) is 14.8. The van der Waals surface area contributed by atoms with Gasteiger partial charge in [0.2, 0.25) is 0 Å². The Hall–Kier alpha value is -1.97. The second-order valence-corrected chi connectivity index (χ2v) is 5.47. The first-order chi connectivity index (χ1) is 9.47. The Morgan fingerprint density at radius 3 is 2.70 bits per heavy atom. The summed E-state index contributed by atoms with van der Waals surface area (Å²) < 4.78 is 12.4. The van der Waals surface area contributed by atoms with Crippen molar-refractivity contribution >= 4 is 16.9 Å². The number of rotatable bonds is 5. The van der Waals surface area contributed by atoms with Gasteiger partial charge in [-0.15, -0.1) is 0 Å². The molecule has 0 amide bonds. The van der Waals surface area contributed by atoms with Gasteiger partial charge in [-0.05, 0) is 45.0 Å². The van der Waals surface area contributed by atoms with Crippen LogP contribution in [0.3, 0.4) is 0 Å². The topological polar surface area (TPSA) is 40.5 Å². The Morgan fingerprint density at radius 2 is 2.05 bits per heavy atom. The van der Waals surface area contributed by atoms with Crippen molar-refractivity contribution in [2.75, 3.05) is 13.7 Å². The maximum Gasteiger partial charge on any atom is 0.313 e. The first-order valence-corrected chi connectivity index (χ1v) is 6.78. The molecular formula is C16H21NO3. The van der Waals surface area contributed by atoms with Crippen molar-refractivity contribution in [3.05, 3.63) is 30.5 Å². The number of methoxy groups -OCH3 is 1. The largest absolute Gasteiger partial charge is 0.494 e. The number of benzene rings is 1. The summed E-state index contributed by atoms with van der Waals surface area (Å²) in [5.74, 6) is 0.662. The van der Waals surface area contributed by atoms with Crippen LogP contribution in [0.25, 0.3) is 10.9 Å². The molecule has 1 aromatic carbocycles. The van der Waals surface area contributed by atoms with Crippen molar-refractivity contribution in [1.82, 2.24) is 4.57 Å². The molecule has 0 radical (unpaired) electrons. The summed E-state index contributed by atoms with van der Waals surface area (Å²) in [6, 6.07) is 8.02. The molecule has 20 heavy (non-hydrogen) atoms. The molecule has 0 N–H and O–H groups in total. The van der Waals surface area contributed by atoms with E-state index in [9.17, 15) is 4.79 Å². The van der Waals surface area contributed by atoms with E-state index in [-0.39, 0.29) is 5.97 Å². The first kappa shape index (κ1) is 14.4. The summed E-state index contributed by atoms with van der Waals surface area (Å²) in [5, 5.41) is 1.11. The summed E-state index contributed by atoms with van der Waals surface area (Å²) >= 11 is 0. The van der Waals surface area contributed by atoms with Crippen LogP contribution in [0.2, 0.25) is 0 Å². The maximum atomic E-state index is 11.8. The highest BCUT2D eigenvalue weighted by atomic mass is 16.5. The van der Waals surface area contributed by atoms with Gasteiger partial charge in [-0.1, -0.05) is 0 Å². The van der Waals surface area contributed by atoms with E-state index in [2.05, 4.69) is 4.57 Å². The molecule has 0 fully saturated rings. The summed E-state index contributed by atoms with van der Waals surface area (Å²) in [7, 11) is 1.42. The Labute approximate surface area is 119 Å². The second kappa shape index (κ2) is 5.57. The predicted molar refractivity (Wildman–Crippen MR) is 78.9 cm³/mol. The van der Waals surface area contributed by atoms with Gasteiger partial charge in [-0.3, -0.25) is 4.79 Å². The lowest BCUT2D eigenvalue weighted by molar-refractivity contribution is -0.151. The number of carbonyl (C=O) groups excluding carboxylic acids is 1. The van der Waals surface area contributed by atoms with Crippen LogP contribution in [0.15, 0.2) is 30.5 Å². The third-order valence-electron chi connectivity index (χ3n) is 3.36. The summed E-state index contributed by atoms with van der Waals surface area (Å²) in [6.07, 6.45) is 1.99. The summed E-state index contributed by atoms with van der Waals surface area (Å²) in [5.41, 5.74) is 0.532. The minimum atomic E-state index is -0.556. The normalized spacial score (nSPS) is 11.6. The third kappa shape index (κ3) is 2.79. The van der Waals surface area contributed by atoms with Crippen molar-refractivity contribution in [1.29, 1.82) is 0 Å². The van der Waals surface area contributed by atoms with Crippen molar-refractivity contribution in [3.8, 4) is 5.75 Å². The van der Waals surface area contributed by atoms with Crippen LogP contribution >= 0.6 is 0 Å². The Morgan fingerprint density at radius 1 is 1.30 bits per heavy atom. The fraction of sp³-hybridized carbons (Fsp3) is 0.438. The highest BCUT2D eigenvalue weighted by molar-refractivity contribution is 5.82. The minimum absolute atomic E-state index is 0.203. The number of carbonyl (C=O) groups is 1. The van der Waals surface area contributed by atoms with Crippen molar-refractivity contribution in [2.24, 2.45) is 5.41 Å². The quantitative estimate of drug-likeness (QED) is 0.786. The Bertz CT molecular complexity index is 613. The van der Waals surface area contributed by atoms with Crippen molar-refractivity contribution < 1.29 is 14.3 Å². The zero-order valence-electron chi connectivity index (χ0n) is 12.5. The van der Waals surface area contributed by atoms with E-state index in [1.807, 2.05) is 51.2 Å². The van der Waals surface area contributed by atoms with Crippen LogP contribution in [0.4, 0.5) is 0 Å². The van der Waals surface area contributed by atoms with E-state index in [1.165, 1.54) is 7.11 Å². The lowest BCUT2D eigenvalue weighted by Crippen LogP contribution is -2.30. The van der Waals surface area contributed by atoms with Gasteiger partial charge < -0.3 is 14.0 Å². The molecule has 1 heterocycles. The van der Waals surface area contributed by atoms with Crippen LogP contribution in [0.5, 0.6) is 5.75 Å². The Kier molecular flexibility index (Phi) is 4.02. The molecule has 0 bridgehead atoms. The highest BCUT2D eigenvalue weighted by Gasteiger charge is 2.29. The predicted octanol–water partition coefficient (Wildman–Crippen LogP) is 3.24. The molecule has 1 aromatic heterocycles. The van der Waals surface area contributed by atoms with Gasteiger partial charge in [0.25, 0.3) is 0 Å². The maximum absolute atomic E-state index is 11.8. The number of nitrogens with zero attached hydrogens (tertiary/aromatic N) is 1. The van der Waals surface area contributed by atoms with Crippen LogP contribution in [-0.4, -0.2) is 24.3 Å². The van der Waals surface area contributed by atoms with Gasteiger partial charge in [-0.25, -0.2) is 0 Å². The van der Waals surface area contributed by atoms with Crippen LogP contribution in [0.1, 0.15) is 20.8 Å². The van der Waals surface area contributed by atoms with Crippen LogP contribution < -0.4 is 4.74 Å². The summed E-state index contributed by atoms with van der Waals surface area (Å²) in [4.78, 5) is 11.8. The number of hydrogen-bond acceptors (Lipinski definition) is 3. The van der Waals surface area contributed by atoms with Gasteiger partial charge in [0, 0.05) is 23.6 Å². The van der Waals surface area contributed by atoms with Crippen LogP contribution in [0, 0.1) is 5.41 Å². The number of ether oxygens (including phenoxy) is 2. The zero-order valence-corrected chi connectivity index (χ0v) is 12.5. The van der Waals surface area contributed by atoms with Crippen molar-refractivity contribution in [3.63, 3.8) is 0 Å². The smallest absolute Gasteiger partial charge is 0.313 e. The second-order valence-electron chi connectivity index (χ2n) is 5.47. The molecule has 4 heteroatoms. The molecule has 0 saturated heterocycles. The van der Waals surface area contributed by atoms with Gasteiger partial charge in [-0.2, -0.15) is 0 Å². The number of aromatic nitrogens is 1. The lowest BCUT2D eigenvalue weighted by Gasteiger charge is -2.22. The average molecular weight is 275 g/mol. The SMILES string of the molecule is CCOc1ccc2c(ccn2CC(C)(C)C(=O)OC)c1. The fourth-order valence-electron chi connectivity index (χ4n) is 2.34. The van der Waals surface area contributed by atoms with Crippen LogP contribution in [-0.2, 0) is 16.1 Å². The molecule has 0 aliphatic carbocycles. The van der Waals surface area contributed by atoms with Gasteiger partial charge in [0.1, 0.15) is 5.75 Å². The average Bonchev–Trinajstić information content (AvgIpc) is 2.80. The molecular weight excluding hydrogens is 254 g/mol. The van der Waals surface area contributed by atoms with E-state index in [0.29, 0.717) is 13.2 Å². The molecule has 2 aromatic rings. The fourth-order valence-corrected chi connectivity index (χ4v) is 2.34. The van der Waals surface area contributed by atoms with E-state index in [4.69, 9.17) is 9.47 Å². The number of hydrogen-bond donors (Lipinski definition) is 0. The Balaban J connectivity index is 2.30. The molecule has 0 saturated carbocycles. The molecule has 0 aliphatic heterocycles. The van der Waals surface area contributed by atoms with Crippen molar-refractivity contribution in [2.45, 2.75) is 27.3 Å². The third-order valence-corrected chi connectivity index (χ3v) is 3.36. The van der Waals surface area contributed by atoms with E-state index < -0.39 is 5.41 Å². The monoisotopic (exact) mass is 275 g/mol. The first-order valence-electron chi connectivity index (χ1n) is 6.78. The standard InChI is InChI=1S/C16H21NO3/c1-5-20-13-6-7-14-12(10-13)8-9-17(14)11-16(2,3)15(18)19-4/h6-10H,5,11H2,1-4H3. The molecule has 4 nitrogen and oxygen atoms in total. The molecule has 0 atom stereocenters. The molecule has 0 unspecified atom stereocenters. The molecule has 108 valence electrons. The molecule has 0 aliphatic rings. The number of fused-ring (bicyclic) bond motifs is 1. The van der Waals surface area contributed by atoms with Gasteiger partial charge in [0.15, 0.2) is 0 Å². The van der Waals surface area contributed by atoms with E-state index in [1.54, 1.807) is 0 Å². The minimum Gasteiger partial charge on any atom is -0.494 e. The van der Waals surface area contributed by atoms with E-state index >= 15 is 0 Å². The van der Waals surface area contributed by atoms with E-state index in [0.717, 1.165) is 16.7 Å². The number of esters is 1. The van der Waals surface area contributed by atoms with Gasteiger partial charge in [0.05, 0.1) is 19.1 Å².